The van der Waals surface area contributed by atoms with Gasteiger partial charge in [-0.05, 0) is 44.2 Å². The molecule has 0 aromatic heterocycles. The van der Waals surface area contributed by atoms with Gasteiger partial charge in [0, 0.05) is 19.8 Å². The molecular weight excluding hydrogens is 308 g/mol. The molecule has 0 aliphatic heterocycles. The second-order valence-electron chi connectivity index (χ2n) is 4.11. The lowest BCUT2D eigenvalue weighted by atomic mass is 10.1. The molecule has 2 aromatic rings. The quantitative estimate of drug-likeness (QED) is 0.731. The second kappa shape index (κ2) is 5.72. The molecule has 0 amide bonds. The monoisotopic (exact) mass is 320 g/mol. The van der Waals surface area contributed by atoms with Crippen LogP contribution < -0.4 is 0 Å². The van der Waals surface area contributed by atoms with Gasteiger partial charge in [-0.15, -0.1) is 0 Å². The standard InChI is InChI=1S/C15H13BrOS/c1-10-3-6-13(7-4-10)18-15-9-12(16)5-8-14(15)11(2)17/h3-9H,1-2H3. The highest BCUT2D eigenvalue weighted by atomic mass is 79.9. The minimum Gasteiger partial charge on any atom is -0.294 e. The summed E-state index contributed by atoms with van der Waals surface area (Å²) in [5, 5.41) is 0. The van der Waals surface area contributed by atoms with Gasteiger partial charge in [0.1, 0.15) is 0 Å². The molecule has 18 heavy (non-hydrogen) atoms. The lowest BCUT2D eigenvalue weighted by Gasteiger charge is -2.07. The Morgan fingerprint density at radius 1 is 1.11 bits per heavy atom. The Labute approximate surface area is 120 Å². The van der Waals surface area contributed by atoms with Crippen molar-refractivity contribution in [3.05, 3.63) is 58.1 Å². The van der Waals surface area contributed by atoms with Crippen LogP contribution in [-0.2, 0) is 0 Å². The Hall–Kier alpha value is -1.06. The molecule has 3 heteroatoms. The molecule has 0 aliphatic carbocycles. The SMILES string of the molecule is CC(=O)c1ccc(Br)cc1Sc1ccc(C)cc1. The van der Waals surface area contributed by atoms with Gasteiger partial charge in [-0.2, -0.15) is 0 Å². The van der Waals surface area contributed by atoms with Crippen molar-refractivity contribution in [3.63, 3.8) is 0 Å². The van der Waals surface area contributed by atoms with Gasteiger partial charge in [-0.1, -0.05) is 45.4 Å². The van der Waals surface area contributed by atoms with Gasteiger partial charge >= 0.3 is 0 Å². The molecule has 0 aliphatic rings. The summed E-state index contributed by atoms with van der Waals surface area (Å²) in [6.07, 6.45) is 0. The summed E-state index contributed by atoms with van der Waals surface area (Å²) in [5.74, 6) is 0.0945. The van der Waals surface area contributed by atoms with Crippen LogP contribution in [0.1, 0.15) is 22.8 Å². The van der Waals surface area contributed by atoms with Crippen molar-refractivity contribution in [2.24, 2.45) is 0 Å². The number of hydrogen-bond acceptors (Lipinski definition) is 2. The maximum Gasteiger partial charge on any atom is 0.160 e. The number of halogens is 1. The first-order valence-corrected chi connectivity index (χ1v) is 7.22. The van der Waals surface area contributed by atoms with Gasteiger partial charge in [0.15, 0.2) is 5.78 Å². The summed E-state index contributed by atoms with van der Waals surface area (Å²) in [7, 11) is 0. The molecule has 0 heterocycles. The average molecular weight is 321 g/mol. The number of carbonyl (C=O) groups is 1. The van der Waals surface area contributed by atoms with E-state index in [2.05, 4.69) is 47.1 Å². The second-order valence-corrected chi connectivity index (χ2v) is 6.14. The normalized spacial score (nSPS) is 10.4. The largest absolute Gasteiger partial charge is 0.294 e. The first-order chi connectivity index (χ1) is 8.56. The molecule has 0 radical (unpaired) electrons. The number of Topliss-reactive ketones (excluding diaryl/α,β-unsaturated/α-hetero) is 1. The third-order valence-electron chi connectivity index (χ3n) is 2.57. The summed E-state index contributed by atoms with van der Waals surface area (Å²) in [4.78, 5) is 13.7. The van der Waals surface area contributed by atoms with Crippen molar-refractivity contribution in [2.75, 3.05) is 0 Å². The predicted octanol–water partition coefficient (Wildman–Crippen LogP) is 5.11. The number of benzene rings is 2. The summed E-state index contributed by atoms with van der Waals surface area (Å²) in [6.45, 7) is 3.66. The fraction of sp³-hybridized carbons (Fsp3) is 0.133. The summed E-state index contributed by atoms with van der Waals surface area (Å²) < 4.78 is 0.988. The number of carbonyl (C=O) groups excluding carboxylic acids is 1. The number of rotatable bonds is 3. The van der Waals surface area contributed by atoms with E-state index in [1.54, 1.807) is 18.7 Å². The van der Waals surface area contributed by atoms with Crippen molar-refractivity contribution < 1.29 is 4.79 Å². The van der Waals surface area contributed by atoms with E-state index in [0.29, 0.717) is 0 Å². The maximum atomic E-state index is 11.6. The number of hydrogen-bond donors (Lipinski definition) is 0. The van der Waals surface area contributed by atoms with Gasteiger partial charge in [0.05, 0.1) is 0 Å². The zero-order chi connectivity index (χ0) is 13.1. The third-order valence-corrected chi connectivity index (χ3v) is 4.13. The molecule has 92 valence electrons. The number of ketones is 1. The van der Waals surface area contributed by atoms with Crippen molar-refractivity contribution >= 4 is 33.5 Å². The van der Waals surface area contributed by atoms with Crippen LogP contribution in [0.3, 0.4) is 0 Å². The lowest BCUT2D eigenvalue weighted by Crippen LogP contribution is -1.94. The molecule has 1 nitrogen and oxygen atoms in total. The van der Waals surface area contributed by atoms with Crippen LogP contribution in [-0.4, -0.2) is 5.78 Å². The maximum absolute atomic E-state index is 11.6. The van der Waals surface area contributed by atoms with Gasteiger partial charge < -0.3 is 0 Å². The smallest absolute Gasteiger partial charge is 0.160 e. The average Bonchev–Trinajstić information content (AvgIpc) is 2.32. The highest BCUT2D eigenvalue weighted by Crippen LogP contribution is 2.32. The first-order valence-electron chi connectivity index (χ1n) is 5.61. The molecule has 0 bridgehead atoms. The van der Waals surface area contributed by atoms with Gasteiger partial charge in [0.2, 0.25) is 0 Å². The van der Waals surface area contributed by atoms with E-state index >= 15 is 0 Å². The van der Waals surface area contributed by atoms with Gasteiger partial charge in [-0.3, -0.25) is 4.79 Å². The van der Waals surface area contributed by atoms with E-state index in [4.69, 9.17) is 0 Å². The molecule has 0 unspecified atom stereocenters. The fourth-order valence-electron chi connectivity index (χ4n) is 1.60. The molecule has 0 spiro atoms. The van der Waals surface area contributed by atoms with Crippen LogP contribution in [0.5, 0.6) is 0 Å². The van der Waals surface area contributed by atoms with Crippen molar-refractivity contribution in [2.45, 2.75) is 23.6 Å². The number of aryl methyl sites for hydroxylation is 1. The van der Waals surface area contributed by atoms with E-state index in [-0.39, 0.29) is 5.78 Å². The van der Waals surface area contributed by atoms with Crippen molar-refractivity contribution in [1.29, 1.82) is 0 Å². The van der Waals surface area contributed by atoms with Crippen LogP contribution in [0.15, 0.2) is 56.7 Å². The van der Waals surface area contributed by atoms with Crippen molar-refractivity contribution in [1.82, 2.24) is 0 Å². The highest BCUT2D eigenvalue weighted by molar-refractivity contribution is 9.10. The topological polar surface area (TPSA) is 17.1 Å². The van der Waals surface area contributed by atoms with E-state index in [9.17, 15) is 4.79 Å². The molecule has 2 rings (SSSR count). The van der Waals surface area contributed by atoms with Crippen LogP contribution in [0.2, 0.25) is 0 Å². The summed E-state index contributed by atoms with van der Waals surface area (Å²) >= 11 is 5.06. The Kier molecular flexibility index (Phi) is 4.25. The molecule has 0 saturated heterocycles. The van der Waals surface area contributed by atoms with Crippen LogP contribution in [0, 0.1) is 6.92 Å². The fourth-order valence-corrected chi connectivity index (χ4v) is 3.15. The summed E-state index contributed by atoms with van der Waals surface area (Å²) in [5.41, 5.74) is 2.00. The molecule has 2 aromatic carbocycles. The minimum atomic E-state index is 0.0945. The zero-order valence-electron chi connectivity index (χ0n) is 10.2. The molecule has 0 atom stereocenters. The van der Waals surface area contributed by atoms with Crippen LogP contribution in [0.4, 0.5) is 0 Å². The Balaban J connectivity index is 2.35. The predicted molar refractivity (Wildman–Crippen MR) is 79.4 cm³/mol. The van der Waals surface area contributed by atoms with Gasteiger partial charge in [-0.25, -0.2) is 0 Å². The molecule has 0 N–H and O–H groups in total. The van der Waals surface area contributed by atoms with Crippen LogP contribution in [0.25, 0.3) is 0 Å². The third kappa shape index (κ3) is 3.24. The summed E-state index contributed by atoms with van der Waals surface area (Å²) in [6, 6.07) is 14.1. The minimum absolute atomic E-state index is 0.0945. The Morgan fingerprint density at radius 3 is 2.39 bits per heavy atom. The van der Waals surface area contributed by atoms with E-state index < -0.39 is 0 Å². The highest BCUT2D eigenvalue weighted by Gasteiger charge is 2.09. The first kappa shape index (κ1) is 13.4. The van der Waals surface area contributed by atoms with Gasteiger partial charge in [0.25, 0.3) is 0 Å². The van der Waals surface area contributed by atoms with E-state index in [0.717, 1.165) is 19.8 Å². The zero-order valence-corrected chi connectivity index (χ0v) is 12.6. The Morgan fingerprint density at radius 2 is 1.78 bits per heavy atom. The van der Waals surface area contributed by atoms with Crippen molar-refractivity contribution in [3.8, 4) is 0 Å². The lowest BCUT2D eigenvalue weighted by molar-refractivity contribution is 0.101. The molecule has 0 fully saturated rings. The van der Waals surface area contributed by atoms with Crippen LogP contribution >= 0.6 is 27.7 Å². The van der Waals surface area contributed by atoms with E-state index in [1.165, 1.54) is 5.56 Å². The van der Waals surface area contributed by atoms with E-state index in [1.807, 2.05) is 18.2 Å². The molecular formula is C15H13BrOS. The molecule has 0 saturated carbocycles. The Bertz CT molecular complexity index is 576.